The second kappa shape index (κ2) is 7.06. The van der Waals surface area contributed by atoms with Crippen molar-refractivity contribution in [1.29, 1.82) is 0 Å². The first-order valence-electron chi connectivity index (χ1n) is 7.08. The van der Waals surface area contributed by atoms with E-state index in [1.54, 1.807) is 13.1 Å². The van der Waals surface area contributed by atoms with E-state index in [1.807, 2.05) is 24.3 Å². The third-order valence-corrected chi connectivity index (χ3v) is 3.40. The van der Waals surface area contributed by atoms with Crippen molar-refractivity contribution in [1.82, 2.24) is 10.2 Å². The van der Waals surface area contributed by atoms with Crippen LogP contribution in [0.1, 0.15) is 35.5 Å². The minimum atomic E-state index is -1.36. The highest BCUT2D eigenvalue weighted by atomic mass is 16.5. The lowest BCUT2D eigenvalue weighted by molar-refractivity contribution is 0.0177. The molecular formula is C16H19N3O4. The monoisotopic (exact) mass is 317 g/mol. The Morgan fingerprint density at radius 2 is 2.22 bits per heavy atom. The molecule has 0 saturated carbocycles. The van der Waals surface area contributed by atoms with Crippen molar-refractivity contribution >= 4 is 11.7 Å². The van der Waals surface area contributed by atoms with E-state index in [0.717, 1.165) is 11.3 Å². The number of hydrogen-bond donors (Lipinski definition) is 2. The van der Waals surface area contributed by atoms with E-state index in [2.05, 4.69) is 26.8 Å². The quantitative estimate of drug-likeness (QED) is 0.756. The van der Waals surface area contributed by atoms with Crippen molar-refractivity contribution < 1.29 is 19.1 Å². The van der Waals surface area contributed by atoms with Crippen molar-refractivity contribution in [3.63, 3.8) is 0 Å². The highest BCUT2D eigenvalue weighted by Gasteiger charge is 2.31. The van der Waals surface area contributed by atoms with Gasteiger partial charge in [0.1, 0.15) is 5.60 Å². The van der Waals surface area contributed by atoms with Gasteiger partial charge in [-0.25, -0.2) is 4.79 Å². The Morgan fingerprint density at radius 3 is 2.91 bits per heavy atom. The number of nitrogens with zero attached hydrogens (tertiary/aromatic N) is 2. The predicted molar refractivity (Wildman–Crippen MR) is 83.8 cm³/mol. The summed E-state index contributed by atoms with van der Waals surface area (Å²) < 4.78 is 9.69. The van der Waals surface area contributed by atoms with Gasteiger partial charge in [0, 0.05) is 5.69 Å². The number of rotatable bonds is 7. The van der Waals surface area contributed by atoms with Gasteiger partial charge in [-0.05, 0) is 37.6 Å². The molecule has 1 aromatic carbocycles. The number of aryl methyl sites for hydroxylation is 1. The van der Waals surface area contributed by atoms with E-state index in [4.69, 9.17) is 4.42 Å². The van der Waals surface area contributed by atoms with E-state index < -0.39 is 11.6 Å². The standard InChI is InChI=1S/C16H19N3O4/c1-4-17-12-8-6-5-7-11(12)9-10-16(2,21)15-19-18-13(23-15)14(20)22-3/h4-8,17,21H,1,9-10H2,2-3H3. The fraction of sp³-hybridized carbons (Fsp3) is 0.312. The van der Waals surface area contributed by atoms with Gasteiger partial charge in [-0.1, -0.05) is 24.8 Å². The van der Waals surface area contributed by atoms with E-state index in [9.17, 15) is 9.90 Å². The molecule has 0 aliphatic rings. The summed E-state index contributed by atoms with van der Waals surface area (Å²) in [6.07, 6.45) is 2.50. The molecule has 1 atom stereocenters. The van der Waals surface area contributed by atoms with Crippen LogP contribution >= 0.6 is 0 Å². The van der Waals surface area contributed by atoms with Gasteiger partial charge in [-0.3, -0.25) is 0 Å². The normalized spacial score (nSPS) is 13.2. The second-order valence-corrected chi connectivity index (χ2v) is 5.18. The first-order valence-corrected chi connectivity index (χ1v) is 7.08. The SMILES string of the molecule is C=CNc1ccccc1CCC(C)(O)c1nnc(C(=O)OC)o1. The molecule has 23 heavy (non-hydrogen) atoms. The molecule has 7 heteroatoms. The van der Waals surface area contributed by atoms with Crippen LogP contribution in [0.2, 0.25) is 0 Å². The fourth-order valence-corrected chi connectivity index (χ4v) is 2.08. The maximum absolute atomic E-state index is 11.3. The Bertz CT molecular complexity index is 694. The molecule has 2 aromatic rings. The summed E-state index contributed by atoms with van der Waals surface area (Å²) in [5, 5.41) is 20.9. The van der Waals surface area contributed by atoms with Gasteiger partial charge in [0.2, 0.25) is 5.89 Å². The van der Waals surface area contributed by atoms with Gasteiger partial charge < -0.3 is 19.6 Å². The average molecular weight is 317 g/mol. The van der Waals surface area contributed by atoms with Crippen molar-refractivity contribution in [2.45, 2.75) is 25.4 Å². The number of nitrogens with one attached hydrogen (secondary N) is 1. The van der Waals surface area contributed by atoms with E-state index in [-0.39, 0.29) is 11.8 Å². The molecule has 0 radical (unpaired) electrons. The Balaban J connectivity index is 2.11. The number of anilines is 1. The average Bonchev–Trinajstić information content (AvgIpc) is 3.04. The number of aromatic nitrogens is 2. The van der Waals surface area contributed by atoms with Gasteiger partial charge in [0.15, 0.2) is 0 Å². The molecule has 0 saturated heterocycles. The Hall–Kier alpha value is -2.67. The van der Waals surface area contributed by atoms with Crippen molar-refractivity contribution in [2.24, 2.45) is 0 Å². The minimum Gasteiger partial charge on any atom is -0.462 e. The molecule has 1 heterocycles. The first kappa shape index (κ1) is 16.7. The molecule has 0 amide bonds. The number of carbonyl (C=O) groups excluding carboxylic acids is 1. The Labute approximate surface area is 134 Å². The van der Waals surface area contributed by atoms with Crippen LogP contribution in [-0.2, 0) is 16.8 Å². The topological polar surface area (TPSA) is 97.5 Å². The van der Waals surface area contributed by atoms with Gasteiger partial charge in [0.05, 0.1) is 7.11 Å². The summed E-state index contributed by atoms with van der Waals surface area (Å²) >= 11 is 0. The molecule has 2 N–H and O–H groups in total. The number of benzene rings is 1. The third-order valence-electron chi connectivity index (χ3n) is 3.40. The van der Waals surface area contributed by atoms with Crippen LogP contribution in [0.15, 0.2) is 41.5 Å². The van der Waals surface area contributed by atoms with E-state index in [0.29, 0.717) is 12.8 Å². The number of esters is 1. The molecule has 1 unspecified atom stereocenters. The zero-order chi connectivity index (χ0) is 16.9. The number of para-hydroxylation sites is 1. The maximum Gasteiger partial charge on any atom is 0.396 e. The first-order chi connectivity index (χ1) is 11.0. The summed E-state index contributed by atoms with van der Waals surface area (Å²) in [4.78, 5) is 11.3. The van der Waals surface area contributed by atoms with Crippen molar-refractivity contribution in [3.8, 4) is 0 Å². The van der Waals surface area contributed by atoms with Crippen LogP contribution in [0.4, 0.5) is 5.69 Å². The molecule has 7 nitrogen and oxygen atoms in total. The number of aliphatic hydroxyl groups is 1. The van der Waals surface area contributed by atoms with Crippen LogP contribution < -0.4 is 5.32 Å². The number of carbonyl (C=O) groups is 1. The number of hydrogen-bond acceptors (Lipinski definition) is 7. The summed E-state index contributed by atoms with van der Waals surface area (Å²) in [7, 11) is 1.22. The molecule has 0 fully saturated rings. The molecular weight excluding hydrogens is 298 g/mol. The van der Waals surface area contributed by atoms with E-state index in [1.165, 1.54) is 7.11 Å². The van der Waals surface area contributed by atoms with Gasteiger partial charge in [-0.15, -0.1) is 10.2 Å². The van der Waals surface area contributed by atoms with Crippen LogP contribution in [0, 0.1) is 0 Å². The molecule has 0 aliphatic carbocycles. The molecule has 122 valence electrons. The number of ether oxygens (including phenoxy) is 1. The molecule has 0 aliphatic heterocycles. The molecule has 0 bridgehead atoms. The summed E-state index contributed by atoms with van der Waals surface area (Å²) in [6, 6.07) is 7.71. The van der Waals surface area contributed by atoms with Crippen LogP contribution in [-0.4, -0.2) is 28.4 Å². The predicted octanol–water partition coefficient (Wildman–Crippen LogP) is 2.25. The van der Waals surface area contributed by atoms with Crippen molar-refractivity contribution in [2.75, 3.05) is 12.4 Å². The number of methoxy groups -OCH3 is 1. The second-order valence-electron chi connectivity index (χ2n) is 5.18. The van der Waals surface area contributed by atoms with Gasteiger partial charge in [0.25, 0.3) is 0 Å². The molecule has 1 aromatic heterocycles. The van der Waals surface area contributed by atoms with Crippen molar-refractivity contribution in [3.05, 3.63) is 54.4 Å². The van der Waals surface area contributed by atoms with Gasteiger partial charge in [-0.2, -0.15) is 0 Å². The summed E-state index contributed by atoms with van der Waals surface area (Å²) in [6.45, 7) is 5.20. The van der Waals surface area contributed by atoms with Crippen LogP contribution in [0.5, 0.6) is 0 Å². The zero-order valence-corrected chi connectivity index (χ0v) is 13.1. The largest absolute Gasteiger partial charge is 0.462 e. The lowest BCUT2D eigenvalue weighted by Gasteiger charge is -2.19. The highest BCUT2D eigenvalue weighted by molar-refractivity contribution is 5.83. The minimum absolute atomic E-state index is 0.0212. The Morgan fingerprint density at radius 1 is 1.48 bits per heavy atom. The Kier molecular flexibility index (Phi) is 5.13. The summed E-state index contributed by atoms with van der Waals surface area (Å²) in [5.41, 5.74) is 0.570. The molecule has 2 rings (SSSR count). The molecule has 0 spiro atoms. The fourth-order valence-electron chi connectivity index (χ4n) is 2.08. The third kappa shape index (κ3) is 3.95. The van der Waals surface area contributed by atoms with Crippen LogP contribution in [0.25, 0.3) is 0 Å². The maximum atomic E-state index is 11.3. The summed E-state index contributed by atoms with van der Waals surface area (Å²) in [5.74, 6) is -1.04. The van der Waals surface area contributed by atoms with E-state index >= 15 is 0 Å². The van der Waals surface area contributed by atoms with Crippen LogP contribution in [0.3, 0.4) is 0 Å². The van der Waals surface area contributed by atoms with Gasteiger partial charge >= 0.3 is 11.9 Å². The highest BCUT2D eigenvalue weighted by Crippen LogP contribution is 2.27. The zero-order valence-electron chi connectivity index (χ0n) is 13.1. The lowest BCUT2D eigenvalue weighted by Crippen LogP contribution is -2.22. The lowest BCUT2D eigenvalue weighted by atomic mass is 9.96. The smallest absolute Gasteiger partial charge is 0.396 e.